The van der Waals surface area contributed by atoms with Crippen LogP contribution in [0, 0.1) is 0 Å². The maximum atomic E-state index is 11.3. The molecule has 0 aromatic carbocycles. The van der Waals surface area contributed by atoms with Gasteiger partial charge < -0.3 is 36.6 Å². The van der Waals surface area contributed by atoms with E-state index in [1.54, 1.807) is 0 Å². The number of carbonyl (C=O) groups excluding carboxylic acids is 1. The van der Waals surface area contributed by atoms with Crippen LogP contribution in [0.1, 0.15) is 52.9 Å². The fraction of sp³-hybridized carbons (Fsp3) is 0.955. The topological polar surface area (TPSA) is 165 Å². The molecule has 0 aliphatic carbocycles. The number of aliphatic hydroxyl groups is 2. The van der Waals surface area contributed by atoms with Gasteiger partial charge in [-0.2, -0.15) is 0 Å². The van der Waals surface area contributed by atoms with Crippen LogP contribution in [0.4, 0.5) is 0 Å². The van der Waals surface area contributed by atoms with Gasteiger partial charge in [0.25, 0.3) is 0 Å². The predicted molar refractivity (Wildman–Crippen MR) is 135 cm³/mol. The second-order valence-electron chi connectivity index (χ2n) is 7.23. The van der Waals surface area contributed by atoms with Gasteiger partial charge in [-0.05, 0) is 65.0 Å². The summed E-state index contributed by atoms with van der Waals surface area (Å²) in [5.41, 5.74) is 5.30. The van der Waals surface area contributed by atoms with Crippen LogP contribution in [0.3, 0.4) is 0 Å². The predicted octanol–water partition coefficient (Wildman–Crippen LogP) is -1.38. The molecule has 0 saturated heterocycles. The third-order valence-electron chi connectivity index (χ3n) is 4.40. The number of hydrogen-bond donors (Lipinski definition) is 9. The van der Waals surface area contributed by atoms with Crippen molar-refractivity contribution in [3.05, 3.63) is 0 Å². The molecular formula is C22H53N7O4. The van der Waals surface area contributed by atoms with Crippen LogP contribution in [0.25, 0.3) is 0 Å². The molecule has 11 nitrogen and oxygen atoms in total. The van der Waals surface area contributed by atoms with E-state index < -0.39 is 12.6 Å². The normalized spacial score (nSPS) is 12.7. The van der Waals surface area contributed by atoms with Gasteiger partial charge in [0.15, 0.2) is 6.35 Å². The van der Waals surface area contributed by atoms with Crippen molar-refractivity contribution in [3.63, 3.8) is 0 Å². The minimum absolute atomic E-state index is 0.0781. The van der Waals surface area contributed by atoms with Crippen molar-refractivity contribution in [3.8, 4) is 0 Å². The Labute approximate surface area is 201 Å². The number of nitrogens with two attached hydrogens (primary N) is 1. The molecule has 1 amide bonds. The minimum Gasteiger partial charge on any atom is -0.380 e. The average molecular weight is 480 g/mol. The molecule has 11 heteroatoms. The van der Waals surface area contributed by atoms with E-state index in [-0.39, 0.29) is 5.91 Å². The van der Waals surface area contributed by atoms with E-state index in [1.165, 1.54) is 0 Å². The highest BCUT2D eigenvalue weighted by Crippen LogP contribution is 1.89. The zero-order chi connectivity index (χ0) is 25.0. The Morgan fingerprint density at radius 1 is 0.848 bits per heavy atom. The molecule has 0 rings (SSSR count). The smallest absolute Gasteiger partial charge is 0.222 e. The number of nitrogens with one attached hydrogen (secondary N) is 6. The second-order valence-corrected chi connectivity index (χ2v) is 7.23. The molecule has 0 aliphatic rings. The molecule has 0 aliphatic heterocycles. The quantitative estimate of drug-likeness (QED) is 0.0595. The van der Waals surface area contributed by atoms with Crippen molar-refractivity contribution in [1.29, 1.82) is 0 Å². The van der Waals surface area contributed by atoms with Gasteiger partial charge in [0.1, 0.15) is 6.23 Å². The van der Waals surface area contributed by atoms with Gasteiger partial charge in [-0.25, -0.2) is 0 Å². The molecule has 10 N–H and O–H groups in total. The van der Waals surface area contributed by atoms with Gasteiger partial charge in [0.05, 0.1) is 13.2 Å². The number of amides is 1. The Bertz CT molecular complexity index is 396. The Balaban J connectivity index is 0. The summed E-state index contributed by atoms with van der Waals surface area (Å²) in [7, 11) is 0. The molecular weight excluding hydrogens is 426 g/mol. The van der Waals surface area contributed by atoms with E-state index in [4.69, 9.17) is 10.5 Å². The first kappa shape index (κ1) is 34.3. The van der Waals surface area contributed by atoms with Crippen LogP contribution in [0.5, 0.6) is 0 Å². The zero-order valence-electron chi connectivity index (χ0n) is 21.3. The Hall–Kier alpha value is -0.890. The standard InChI is InChI=1S/C20H47N7O4.C2H6/c1-2-22-9-3-4-10-23-13-6-18(28)24-11-5-12-26-20(30)27-15-17-31-16-7-19(29)25-14-8-21;1-2/h18,20,22-24,26-28,30H,2-17,21H2,1H3,(H,25,29);1-2H3. The van der Waals surface area contributed by atoms with Crippen molar-refractivity contribution in [2.75, 3.05) is 72.1 Å². The van der Waals surface area contributed by atoms with E-state index in [2.05, 4.69) is 38.8 Å². The van der Waals surface area contributed by atoms with E-state index in [0.29, 0.717) is 58.8 Å². The highest BCUT2D eigenvalue weighted by Gasteiger charge is 2.04. The summed E-state index contributed by atoms with van der Waals surface area (Å²) >= 11 is 0. The molecule has 0 saturated carbocycles. The first-order chi connectivity index (χ1) is 16.1. The molecule has 200 valence electrons. The summed E-state index contributed by atoms with van der Waals surface area (Å²) in [5.74, 6) is -0.0781. The number of carbonyl (C=O) groups is 1. The summed E-state index contributed by atoms with van der Waals surface area (Å²) in [5, 5.41) is 37.9. The summed E-state index contributed by atoms with van der Waals surface area (Å²) in [4.78, 5) is 11.3. The van der Waals surface area contributed by atoms with Crippen LogP contribution in [0.15, 0.2) is 0 Å². The fourth-order valence-electron chi connectivity index (χ4n) is 2.65. The average Bonchev–Trinajstić information content (AvgIpc) is 2.82. The molecule has 0 aromatic rings. The molecule has 0 fully saturated rings. The number of unbranched alkanes of at least 4 members (excludes halogenated alkanes) is 1. The highest BCUT2D eigenvalue weighted by molar-refractivity contribution is 5.75. The van der Waals surface area contributed by atoms with E-state index in [1.807, 2.05) is 13.8 Å². The third kappa shape index (κ3) is 29.1. The number of ether oxygens (including phenoxy) is 1. The van der Waals surface area contributed by atoms with Crippen molar-refractivity contribution in [2.45, 2.75) is 65.5 Å². The summed E-state index contributed by atoms with van der Waals surface area (Å²) < 4.78 is 5.33. The van der Waals surface area contributed by atoms with Crippen molar-refractivity contribution >= 4 is 5.91 Å². The molecule has 0 heterocycles. The first-order valence-electron chi connectivity index (χ1n) is 12.6. The SMILES string of the molecule is CC.CCNCCCCNCCC(O)NCCCNC(O)NCCOCCC(=O)NCCN. The van der Waals surface area contributed by atoms with Gasteiger partial charge in [-0.3, -0.25) is 20.7 Å². The van der Waals surface area contributed by atoms with Gasteiger partial charge in [0.2, 0.25) is 5.91 Å². The van der Waals surface area contributed by atoms with Crippen LogP contribution in [0.2, 0.25) is 0 Å². The van der Waals surface area contributed by atoms with E-state index in [0.717, 1.165) is 45.4 Å². The van der Waals surface area contributed by atoms with E-state index in [9.17, 15) is 15.0 Å². The molecule has 0 spiro atoms. The fourth-order valence-corrected chi connectivity index (χ4v) is 2.65. The lowest BCUT2D eigenvalue weighted by Gasteiger charge is -2.16. The van der Waals surface area contributed by atoms with Gasteiger partial charge >= 0.3 is 0 Å². The lowest BCUT2D eigenvalue weighted by molar-refractivity contribution is -0.122. The van der Waals surface area contributed by atoms with Crippen molar-refractivity contribution < 1.29 is 19.7 Å². The number of rotatable bonds is 24. The largest absolute Gasteiger partial charge is 0.380 e. The van der Waals surface area contributed by atoms with Crippen molar-refractivity contribution in [1.82, 2.24) is 31.9 Å². The highest BCUT2D eigenvalue weighted by atomic mass is 16.5. The third-order valence-corrected chi connectivity index (χ3v) is 4.40. The molecule has 2 atom stereocenters. The molecule has 0 radical (unpaired) electrons. The molecule has 0 aromatic heterocycles. The number of hydrogen-bond acceptors (Lipinski definition) is 10. The zero-order valence-corrected chi connectivity index (χ0v) is 21.3. The lowest BCUT2D eigenvalue weighted by Crippen LogP contribution is -2.44. The Kier molecular flexibility index (Phi) is 30.3. The second kappa shape index (κ2) is 29.1. The first-order valence-corrected chi connectivity index (χ1v) is 12.6. The Morgan fingerprint density at radius 2 is 1.52 bits per heavy atom. The van der Waals surface area contributed by atoms with Gasteiger partial charge in [-0.1, -0.05) is 20.8 Å². The van der Waals surface area contributed by atoms with Crippen LogP contribution < -0.4 is 37.6 Å². The lowest BCUT2D eigenvalue weighted by atomic mass is 10.3. The maximum Gasteiger partial charge on any atom is 0.222 e. The minimum atomic E-state index is -0.821. The summed E-state index contributed by atoms with van der Waals surface area (Å²) in [6.45, 7) is 13.3. The maximum absolute atomic E-state index is 11.3. The van der Waals surface area contributed by atoms with E-state index >= 15 is 0 Å². The molecule has 33 heavy (non-hydrogen) atoms. The van der Waals surface area contributed by atoms with Crippen LogP contribution in [-0.4, -0.2) is 101 Å². The summed E-state index contributed by atoms with van der Waals surface area (Å²) in [6.07, 6.45) is 2.70. The van der Waals surface area contributed by atoms with Crippen molar-refractivity contribution in [2.24, 2.45) is 5.73 Å². The van der Waals surface area contributed by atoms with Gasteiger partial charge in [0, 0.05) is 26.1 Å². The van der Waals surface area contributed by atoms with Crippen LogP contribution >= 0.6 is 0 Å². The summed E-state index contributed by atoms with van der Waals surface area (Å²) in [6, 6.07) is 0. The number of aliphatic hydroxyl groups excluding tert-OH is 2. The van der Waals surface area contributed by atoms with Crippen LogP contribution in [-0.2, 0) is 9.53 Å². The van der Waals surface area contributed by atoms with Gasteiger partial charge in [-0.15, -0.1) is 0 Å². The molecule has 2 unspecified atom stereocenters. The Morgan fingerprint density at radius 3 is 2.21 bits per heavy atom. The molecule has 0 bridgehead atoms. The monoisotopic (exact) mass is 479 g/mol.